The normalized spacial score (nSPS) is 16.4. The maximum atomic E-state index is 12.8. The maximum absolute atomic E-state index is 12.8. The molecule has 0 N–H and O–H groups in total. The highest BCUT2D eigenvalue weighted by molar-refractivity contribution is 5.79. The predicted molar refractivity (Wildman–Crippen MR) is 97.5 cm³/mol. The summed E-state index contributed by atoms with van der Waals surface area (Å²) in [5.41, 5.74) is 4.87. The minimum atomic E-state index is 0.120. The maximum Gasteiger partial charge on any atom is 0.227 e. The zero-order valence-corrected chi connectivity index (χ0v) is 15.0. The van der Waals surface area contributed by atoms with E-state index in [4.69, 9.17) is 9.52 Å². The number of amides is 1. The third-order valence-corrected chi connectivity index (χ3v) is 5.37. The van der Waals surface area contributed by atoms with Gasteiger partial charge in [0.15, 0.2) is 6.39 Å². The number of aromatic nitrogens is 4. The van der Waals surface area contributed by atoms with Crippen molar-refractivity contribution in [3.63, 3.8) is 0 Å². The van der Waals surface area contributed by atoms with Gasteiger partial charge in [0, 0.05) is 49.7 Å². The van der Waals surface area contributed by atoms with E-state index in [2.05, 4.69) is 14.6 Å². The van der Waals surface area contributed by atoms with Gasteiger partial charge in [-0.3, -0.25) is 14.5 Å². The summed E-state index contributed by atoms with van der Waals surface area (Å²) in [5, 5.41) is 4.84. The number of hydrogen-bond acceptors (Lipinski definition) is 5. The molecule has 0 bridgehead atoms. The number of fused-ring (bicyclic) bond motifs is 1. The summed E-state index contributed by atoms with van der Waals surface area (Å²) in [6, 6.07) is 3.80. The second-order valence-corrected chi connectivity index (χ2v) is 7.38. The summed E-state index contributed by atoms with van der Waals surface area (Å²) < 4.78 is 7.31. The number of hydrogen-bond donors (Lipinski definition) is 0. The van der Waals surface area contributed by atoms with Crippen LogP contribution in [0.2, 0.25) is 0 Å². The molecule has 0 radical (unpaired) electrons. The zero-order valence-electron chi connectivity index (χ0n) is 15.0. The lowest BCUT2D eigenvalue weighted by Gasteiger charge is -2.28. The number of pyridine rings is 1. The molecule has 1 saturated carbocycles. The molecule has 7 nitrogen and oxygen atoms in total. The van der Waals surface area contributed by atoms with Crippen LogP contribution >= 0.6 is 0 Å². The smallest absolute Gasteiger partial charge is 0.227 e. The van der Waals surface area contributed by atoms with Gasteiger partial charge in [0.25, 0.3) is 0 Å². The monoisotopic (exact) mass is 363 g/mol. The standard InChI is InChI=1S/C20H21N5O2/c26-19(8-15-2-1-6-21-9-15)24-7-5-18-16(11-24)20(17-12-27-13-22-17)23-25(18)10-14-3-4-14/h1-2,6,9,12-14H,3-5,7-8,10-11H2. The van der Waals surface area contributed by atoms with E-state index in [0.717, 1.165) is 47.9 Å². The van der Waals surface area contributed by atoms with Crippen LogP contribution < -0.4 is 0 Å². The molecular weight excluding hydrogens is 342 g/mol. The first-order chi connectivity index (χ1) is 13.3. The van der Waals surface area contributed by atoms with Crippen LogP contribution in [0.15, 0.2) is 41.6 Å². The summed E-state index contributed by atoms with van der Waals surface area (Å²) in [7, 11) is 0. The van der Waals surface area contributed by atoms with Crippen LogP contribution in [-0.4, -0.2) is 37.1 Å². The molecule has 1 fully saturated rings. The van der Waals surface area contributed by atoms with Gasteiger partial charge in [-0.25, -0.2) is 4.98 Å². The lowest BCUT2D eigenvalue weighted by molar-refractivity contribution is -0.131. The van der Waals surface area contributed by atoms with Crippen LogP contribution in [0.4, 0.5) is 0 Å². The summed E-state index contributed by atoms with van der Waals surface area (Å²) in [4.78, 5) is 23.1. The second-order valence-electron chi connectivity index (χ2n) is 7.38. The fourth-order valence-electron chi connectivity index (χ4n) is 3.72. The van der Waals surface area contributed by atoms with E-state index < -0.39 is 0 Å². The molecular formula is C20H21N5O2. The highest BCUT2D eigenvalue weighted by Crippen LogP contribution is 2.34. The average Bonchev–Trinajstić information content (AvgIpc) is 3.21. The van der Waals surface area contributed by atoms with Gasteiger partial charge in [0.1, 0.15) is 17.7 Å². The molecule has 3 aromatic rings. The third kappa shape index (κ3) is 3.25. The molecule has 0 unspecified atom stereocenters. The predicted octanol–water partition coefficient (Wildman–Crippen LogP) is 2.47. The van der Waals surface area contributed by atoms with E-state index in [0.29, 0.717) is 13.0 Å². The Morgan fingerprint density at radius 1 is 1.33 bits per heavy atom. The van der Waals surface area contributed by atoms with Crippen LogP contribution in [0.1, 0.15) is 29.7 Å². The Morgan fingerprint density at radius 2 is 2.26 bits per heavy atom. The van der Waals surface area contributed by atoms with Crippen molar-refractivity contribution in [3.8, 4) is 11.4 Å². The van der Waals surface area contributed by atoms with Gasteiger partial charge in [-0.05, 0) is 30.4 Å². The van der Waals surface area contributed by atoms with Crippen LogP contribution in [0.3, 0.4) is 0 Å². The van der Waals surface area contributed by atoms with Crippen molar-refractivity contribution < 1.29 is 9.21 Å². The van der Waals surface area contributed by atoms with Gasteiger partial charge in [-0.1, -0.05) is 6.07 Å². The number of carbonyl (C=O) groups excluding carboxylic acids is 1. The van der Waals surface area contributed by atoms with E-state index in [1.165, 1.54) is 24.9 Å². The number of nitrogens with zero attached hydrogens (tertiary/aromatic N) is 5. The SMILES string of the molecule is O=C(Cc1cccnc1)N1CCc2c(c(-c3cocn3)nn2CC2CC2)C1. The fourth-order valence-corrected chi connectivity index (χ4v) is 3.72. The summed E-state index contributed by atoms with van der Waals surface area (Å²) in [6.07, 6.45) is 10.3. The highest BCUT2D eigenvalue weighted by Gasteiger charge is 2.31. The molecule has 0 atom stereocenters. The van der Waals surface area contributed by atoms with Gasteiger partial charge in [0.05, 0.1) is 6.42 Å². The molecule has 1 aliphatic carbocycles. The van der Waals surface area contributed by atoms with Crippen molar-refractivity contribution in [1.82, 2.24) is 24.6 Å². The number of oxazole rings is 1. The van der Waals surface area contributed by atoms with E-state index in [1.54, 1.807) is 18.7 Å². The molecule has 4 heterocycles. The third-order valence-electron chi connectivity index (χ3n) is 5.37. The molecule has 27 heavy (non-hydrogen) atoms. The minimum Gasteiger partial charge on any atom is -0.451 e. The lowest BCUT2D eigenvalue weighted by Crippen LogP contribution is -2.37. The number of carbonyl (C=O) groups is 1. The highest BCUT2D eigenvalue weighted by atomic mass is 16.3. The average molecular weight is 363 g/mol. The molecule has 2 aliphatic rings. The second kappa shape index (κ2) is 6.64. The van der Waals surface area contributed by atoms with Gasteiger partial charge >= 0.3 is 0 Å². The van der Waals surface area contributed by atoms with Crippen molar-refractivity contribution >= 4 is 5.91 Å². The van der Waals surface area contributed by atoms with E-state index >= 15 is 0 Å². The van der Waals surface area contributed by atoms with Crippen molar-refractivity contribution in [2.45, 2.75) is 38.8 Å². The first kappa shape index (κ1) is 16.2. The van der Waals surface area contributed by atoms with Gasteiger partial charge < -0.3 is 9.32 Å². The van der Waals surface area contributed by atoms with E-state index in [-0.39, 0.29) is 5.91 Å². The van der Waals surface area contributed by atoms with Crippen LogP contribution in [-0.2, 0) is 30.7 Å². The largest absolute Gasteiger partial charge is 0.451 e. The molecule has 1 amide bonds. The number of rotatable bonds is 5. The Bertz CT molecular complexity index is 944. The van der Waals surface area contributed by atoms with Crippen molar-refractivity contribution in [2.24, 2.45) is 5.92 Å². The van der Waals surface area contributed by atoms with Crippen molar-refractivity contribution in [2.75, 3.05) is 6.54 Å². The summed E-state index contributed by atoms with van der Waals surface area (Å²) >= 11 is 0. The molecule has 7 heteroatoms. The Hall–Kier alpha value is -2.96. The molecule has 3 aromatic heterocycles. The lowest BCUT2D eigenvalue weighted by atomic mass is 10.0. The molecule has 0 spiro atoms. The Kier molecular flexibility index (Phi) is 3.99. The Morgan fingerprint density at radius 3 is 3.00 bits per heavy atom. The van der Waals surface area contributed by atoms with Crippen molar-refractivity contribution in [3.05, 3.63) is 54.0 Å². The zero-order chi connectivity index (χ0) is 18.2. The topological polar surface area (TPSA) is 77.1 Å². The molecule has 1 aliphatic heterocycles. The molecule has 5 rings (SSSR count). The first-order valence-electron chi connectivity index (χ1n) is 9.41. The minimum absolute atomic E-state index is 0.120. The Balaban J connectivity index is 1.42. The van der Waals surface area contributed by atoms with Crippen LogP contribution in [0.25, 0.3) is 11.4 Å². The quantitative estimate of drug-likeness (QED) is 0.696. The van der Waals surface area contributed by atoms with Crippen molar-refractivity contribution in [1.29, 1.82) is 0 Å². The first-order valence-corrected chi connectivity index (χ1v) is 9.41. The molecule has 0 aromatic carbocycles. The van der Waals surface area contributed by atoms with Crippen LogP contribution in [0, 0.1) is 5.92 Å². The van der Waals surface area contributed by atoms with Gasteiger partial charge in [0.2, 0.25) is 5.91 Å². The van der Waals surface area contributed by atoms with E-state index in [9.17, 15) is 4.79 Å². The van der Waals surface area contributed by atoms with Gasteiger partial charge in [-0.15, -0.1) is 0 Å². The van der Waals surface area contributed by atoms with E-state index in [1.807, 2.05) is 17.0 Å². The van der Waals surface area contributed by atoms with Gasteiger partial charge in [-0.2, -0.15) is 5.10 Å². The molecule has 138 valence electrons. The van der Waals surface area contributed by atoms with Crippen LogP contribution in [0.5, 0.6) is 0 Å². The fraction of sp³-hybridized carbons (Fsp3) is 0.400. The summed E-state index contributed by atoms with van der Waals surface area (Å²) in [5.74, 6) is 0.860. The molecule has 0 saturated heterocycles. The summed E-state index contributed by atoms with van der Waals surface area (Å²) in [6.45, 7) is 2.26. The Labute approximate surface area is 157 Å².